The van der Waals surface area contributed by atoms with Crippen molar-refractivity contribution >= 4 is 23.5 Å². The van der Waals surface area contributed by atoms with Crippen molar-refractivity contribution < 1.29 is 19.1 Å². The molecule has 1 aliphatic carbocycles. The number of hydrogen-bond donors (Lipinski definition) is 1. The van der Waals surface area contributed by atoms with Crippen LogP contribution in [-0.4, -0.2) is 31.6 Å². The molecular weight excluding hydrogens is 342 g/mol. The molecule has 1 aromatic carbocycles. The quantitative estimate of drug-likeness (QED) is 0.806. The molecule has 0 heterocycles. The fourth-order valence-electron chi connectivity index (χ4n) is 3.37. The first-order chi connectivity index (χ1) is 12.0. The first kappa shape index (κ1) is 19.6. The van der Waals surface area contributed by atoms with E-state index in [9.17, 15) is 9.59 Å². The Hall–Kier alpha value is -1.75. The van der Waals surface area contributed by atoms with Gasteiger partial charge in [0.05, 0.1) is 20.6 Å². The molecule has 0 atom stereocenters. The van der Waals surface area contributed by atoms with Gasteiger partial charge in [0.25, 0.3) is 0 Å². The van der Waals surface area contributed by atoms with Crippen LogP contribution in [0.4, 0.5) is 0 Å². The molecule has 0 aromatic heterocycles. The number of ether oxygens (including phenoxy) is 2. The lowest BCUT2D eigenvalue weighted by Gasteiger charge is -2.33. The summed E-state index contributed by atoms with van der Waals surface area (Å²) in [7, 11) is 2.93. The topological polar surface area (TPSA) is 64.6 Å². The maximum atomic E-state index is 12.6. The minimum atomic E-state index is -0.925. The first-order valence-corrected chi connectivity index (χ1v) is 9.10. The van der Waals surface area contributed by atoms with Gasteiger partial charge in [-0.3, -0.25) is 4.79 Å². The van der Waals surface area contributed by atoms with E-state index in [0.29, 0.717) is 29.2 Å². The van der Waals surface area contributed by atoms with Crippen molar-refractivity contribution in [1.82, 2.24) is 5.32 Å². The number of amides is 1. The Morgan fingerprint density at radius 3 is 2.32 bits per heavy atom. The number of rotatable bonds is 5. The van der Waals surface area contributed by atoms with Gasteiger partial charge in [0.15, 0.2) is 0 Å². The van der Waals surface area contributed by atoms with E-state index >= 15 is 0 Å². The molecule has 6 heteroatoms. The normalized spacial score (nSPS) is 17.1. The van der Waals surface area contributed by atoms with Gasteiger partial charge < -0.3 is 14.8 Å². The molecule has 0 radical (unpaired) electrons. The minimum absolute atomic E-state index is 0.113. The minimum Gasteiger partial charge on any atom is -0.497 e. The molecule has 5 nitrogen and oxygen atoms in total. The van der Waals surface area contributed by atoms with Crippen LogP contribution in [0.25, 0.3) is 0 Å². The molecule has 0 unspecified atom stereocenters. The summed E-state index contributed by atoms with van der Waals surface area (Å²) < 4.78 is 10.1. The smallest absolute Gasteiger partial charge is 0.331 e. The molecule has 0 saturated heterocycles. The highest BCUT2D eigenvalue weighted by Crippen LogP contribution is 2.28. The van der Waals surface area contributed by atoms with E-state index in [4.69, 9.17) is 21.1 Å². The maximum Gasteiger partial charge on any atom is 0.331 e. The molecule has 0 spiro atoms. The maximum absolute atomic E-state index is 12.6. The Labute approximate surface area is 154 Å². The molecule has 0 bridgehead atoms. The zero-order valence-corrected chi connectivity index (χ0v) is 15.7. The zero-order chi connectivity index (χ0) is 18.3. The monoisotopic (exact) mass is 367 g/mol. The highest BCUT2D eigenvalue weighted by Gasteiger charge is 2.40. The molecule has 1 amide bonds. The first-order valence-electron chi connectivity index (χ1n) is 8.72. The number of halogens is 1. The molecule has 2 rings (SSSR count). The van der Waals surface area contributed by atoms with Crippen molar-refractivity contribution in [2.45, 2.75) is 56.9 Å². The van der Waals surface area contributed by atoms with Gasteiger partial charge in [-0.05, 0) is 30.5 Å². The average molecular weight is 368 g/mol. The van der Waals surface area contributed by atoms with Crippen LogP contribution < -0.4 is 10.1 Å². The molecule has 1 aromatic rings. The molecule has 0 aliphatic heterocycles. The Bertz CT molecular complexity index is 609. The van der Waals surface area contributed by atoms with Crippen LogP contribution in [0.2, 0.25) is 5.02 Å². The number of methoxy groups -OCH3 is 2. The van der Waals surface area contributed by atoms with Crippen molar-refractivity contribution in [3.05, 3.63) is 28.8 Å². The van der Waals surface area contributed by atoms with Gasteiger partial charge in [-0.1, -0.05) is 49.8 Å². The second-order valence-electron chi connectivity index (χ2n) is 6.52. The summed E-state index contributed by atoms with van der Waals surface area (Å²) in [6.45, 7) is 0. The summed E-state index contributed by atoms with van der Waals surface area (Å²) in [5.74, 6) is 0.0572. The van der Waals surface area contributed by atoms with Crippen molar-refractivity contribution in [1.29, 1.82) is 0 Å². The molecule has 1 aliphatic rings. The van der Waals surface area contributed by atoms with E-state index in [1.54, 1.807) is 25.3 Å². The van der Waals surface area contributed by atoms with E-state index in [1.165, 1.54) is 13.5 Å². The second-order valence-corrected chi connectivity index (χ2v) is 6.93. The zero-order valence-electron chi connectivity index (χ0n) is 14.9. The summed E-state index contributed by atoms with van der Waals surface area (Å²) >= 11 is 6.22. The van der Waals surface area contributed by atoms with Gasteiger partial charge in [0.2, 0.25) is 5.91 Å². The number of hydrogen-bond acceptors (Lipinski definition) is 4. The third-order valence-corrected chi connectivity index (χ3v) is 5.13. The predicted molar refractivity (Wildman–Crippen MR) is 96.9 cm³/mol. The highest BCUT2D eigenvalue weighted by atomic mass is 35.5. The van der Waals surface area contributed by atoms with E-state index < -0.39 is 5.54 Å². The fourth-order valence-corrected chi connectivity index (χ4v) is 3.60. The van der Waals surface area contributed by atoms with Gasteiger partial charge in [-0.2, -0.15) is 0 Å². The van der Waals surface area contributed by atoms with E-state index in [-0.39, 0.29) is 18.3 Å². The van der Waals surface area contributed by atoms with Gasteiger partial charge in [-0.25, -0.2) is 4.79 Å². The number of carbonyl (C=O) groups is 2. The Morgan fingerprint density at radius 1 is 1.12 bits per heavy atom. The number of benzene rings is 1. The van der Waals surface area contributed by atoms with Crippen molar-refractivity contribution in [2.75, 3.05) is 14.2 Å². The predicted octanol–water partition coefficient (Wildman–Crippen LogP) is 3.66. The summed E-state index contributed by atoms with van der Waals surface area (Å²) in [6.07, 6.45) is 6.45. The SMILES string of the molecule is COC(=O)C1(NC(=O)Cc2ccc(OC)cc2Cl)CCCCCCC1. The van der Waals surface area contributed by atoms with E-state index in [2.05, 4.69) is 5.32 Å². The van der Waals surface area contributed by atoms with Crippen molar-refractivity contribution in [2.24, 2.45) is 0 Å². The molecule has 1 fully saturated rings. The third-order valence-electron chi connectivity index (χ3n) is 4.77. The van der Waals surface area contributed by atoms with Gasteiger partial charge in [0, 0.05) is 5.02 Å². The molecule has 138 valence electrons. The Balaban J connectivity index is 2.12. The van der Waals surface area contributed by atoms with E-state index in [1.807, 2.05) is 0 Å². The fraction of sp³-hybridized carbons (Fsp3) is 0.579. The summed E-state index contributed by atoms with van der Waals surface area (Å²) in [5.41, 5.74) is -0.226. The lowest BCUT2D eigenvalue weighted by Crippen LogP contribution is -2.55. The van der Waals surface area contributed by atoms with Gasteiger partial charge in [0.1, 0.15) is 11.3 Å². The van der Waals surface area contributed by atoms with Crippen LogP contribution in [0.1, 0.15) is 50.5 Å². The third kappa shape index (κ3) is 5.11. The lowest BCUT2D eigenvalue weighted by molar-refractivity contribution is -0.152. The lowest BCUT2D eigenvalue weighted by atomic mass is 9.83. The molecule has 25 heavy (non-hydrogen) atoms. The number of nitrogens with one attached hydrogen (secondary N) is 1. The Morgan fingerprint density at radius 2 is 1.76 bits per heavy atom. The van der Waals surface area contributed by atoms with Crippen LogP contribution in [0.5, 0.6) is 5.75 Å². The summed E-state index contributed by atoms with van der Waals surface area (Å²) in [4.78, 5) is 25.0. The number of esters is 1. The number of carbonyl (C=O) groups excluding carboxylic acids is 2. The van der Waals surface area contributed by atoms with Gasteiger partial charge >= 0.3 is 5.97 Å². The van der Waals surface area contributed by atoms with Gasteiger partial charge in [-0.15, -0.1) is 0 Å². The second kappa shape index (κ2) is 9.09. The summed E-state index contributed by atoms with van der Waals surface area (Å²) in [6, 6.07) is 5.21. The summed E-state index contributed by atoms with van der Waals surface area (Å²) in [5, 5.41) is 3.42. The molecular formula is C19H26ClNO4. The molecule has 1 saturated carbocycles. The Kier molecular flexibility index (Phi) is 7.12. The average Bonchev–Trinajstić information content (AvgIpc) is 2.58. The van der Waals surface area contributed by atoms with Crippen LogP contribution in [-0.2, 0) is 20.7 Å². The van der Waals surface area contributed by atoms with Crippen LogP contribution >= 0.6 is 11.6 Å². The standard InChI is InChI=1S/C19H26ClNO4/c1-24-15-9-8-14(16(20)13-15)12-17(22)21-19(18(23)25-2)10-6-4-3-5-7-11-19/h8-9,13H,3-7,10-12H2,1-2H3,(H,21,22). The highest BCUT2D eigenvalue weighted by molar-refractivity contribution is 6.31. The van der Waals surface area contributed by atoms with Crippen LogP contribution in [0.15, 0.2) is 18.2 Å². The van der Waals surface area contributed by atoms with Crippen LogP contribution in [0, 0.1) is 0 Å². The van der Waals surface area contributed by atoms with Crippen molar-refractivity contribution in [3.8, 4) is 5.75 Å². The molecule has 1 N–H and O–H groups in total. The van der Waals surface area contributed by atoms with E-state index in [0.717, 1.165) is 25.7 Å². The largest absolute Gasteiger partial charge is 0.497 e. The van der Waals surface area contributed by atoms with Crippen molar-refractivity contribution in [3.63, 3.8) is 0 Å². The van der Waals surface area contributed by atoms with Crippen LogP contribution in [0.3, 0.4) is 0 Å².